The Bertz CT molecular complexity index is 150. The van der Waals surface area contributed by atoms with Gasteiger partial charge in [0.25, 0.3) is 0 Å². The van der Waals surface area contributed by atoms with Crippen molar-refractivity contribution in [2.75, 3.05) is 26.2 Å². The molecule has 0 atom stereocenters. The lowest BCUT2D eigenvalue weighted by Crippen LogP contribution is -2.57. The molecule has 13 heavy (non-hydrogen) atoms. The van der Waals surface area contributed by atoms with Crippen molar-refractivity contribution in [2.45, 2.75) is 40.2 Å². The van der Waals surface area contributed by atoms with Crippen molar-refractivity contribution in [3.63, 3.8) is 0 Å². The van der Waals surface area contributed by atoms with Gasteiger partial charge < -0.3 is 10.2 Å². The minimum Gasteiger partial charge on any atom is -0.315 e. The summed E-state index contributed by atoms with van der Waals surface area (Å²) in [5, 5.41) is 3.36. The first kappa shape index (κ1) is 11.0. The van der Waals surface area contributed by atoms with Gasteiger partial charge in [-0.25, -0.2) is 0 Å². The van der Waals surface area contributed by atoms with Gasteiger partial charge in [0.1, 0.15) is 0 Å². The van der Waals surface area contributed by atoms with Crippen LogP contribution in [0.5, 0.6) is 0 Å². The van der Waals surface area contributed by atoms with Crippen LogP contribution in [-0.4, -0.2) is 37.1 Å². The monoisotopic (exact) mass is 184 g/mol. The quantitative estimate of drug-likeness (QED) is 0.700. The van der Waals surface area contributed by atoms with E-state index in [2.05, 4.69) is 37.9 Å². The number of nitrogens with zero attached hydrogens (tertiary/aromatic N) is 1. The van der Waals surface area contributed by atoms with Crippen LogP contribution in [-0.2, 0) is 0 Å². The molecular formula is C11H24N2. The fourth-order valence-corrected chi connectivity index (χ4v) is 1.96. The summed E-state index contributed by atoms with van der Waals surface area (Å²) in [6.45, 7) is 14.1. The minimum atomic E-state index is 0.541. The van der Waals surface area contributed by atoms with Gasteiger partial charge in [0.15, 0.2) is 0 Å². The van der Waals surface area contributed by atoms with Crippen molar-refractivity contribution >= 4 is 0 Å². The number of hydrogen-bond donors (Lipinski definition) is 1. The molecule has 2 nitrogen and oxygen atoms in total. The van der Waals surface area contributed by atoms with Gasteiger partial charge in [-0.05, 0) is 26.8 Å². The van der Waals surface area contributed by atoms with Gasteiger partial charge >= 0.3 is 0 Å². The van der Waals surface area contributed by atoms with E-state index in [-0.39, 0.29) is 0 Å². The third-order valence-corrected chi connectivity index (χ3v) is 2.93. The van der Waals surface area contributed by atoms with Gasteiger partial charge in [-0.15, -0.1) is 0 Å². The maximum atomic E-state index is 3.36. The van der Waals surface area contributed by atoms with Crippen molar-refractivity contribution in [2.24, 2.45) is 5.41 Å². The summed E-state index contributed by atoms with van der Waals surface area (Å²) in [7, 11) is 0. The second-order valence-electron chi connectivity index (χ2n) is 4.98. The Morgan fingerprint density at radius 1 is 1.38 bits per heavy atom. The zero-order valence-corrected chi connectivity index (χ0v) is 9.56. The van der Waals surface area contributed by atoms with E-state index in [4.69, 9.17) is 0 Å². The van der Waals surface area contributed by atoms with Crippen LogP contribution in [0.25, 0.3) is 0 Å². The van der Waals surface area contributed by atoms with Crippen molar-refractivity contribution in [3.05, 3.63) is 0 Å². The van der Waals surface area contributed by atoms with Crippen molar-refractivity contribution in [3.8, 4) is 0 Å². The molecule has 1 N–H and O–H groups in total. The summed E-state index contributed by atoms with van der Waals surface area (Å²) in [6, 6.07) is 0.692. The highest BCUT2D eigenvalue weighted by Crippen LogP contribution is 2.23. The van der Waals surface area contributed by atoms with E-state index in [1.165, 1.54) is 32.6 Å². The van der Waals surface area contributed by atoms with Crippen LogP contribution in [0, 0.1) is 5.41 Å². The molecule has 0 aliphatic carbocycles. The van der Waals surface area contributed by atoms with Gasteiger partial charge in [-0.1, -0.05) is 13.8 Å². The first-order valence-electron chi connectivity index (χ1n) is 5.52. The van der Waals surface area contributed by atoms with Crippen LogP contribution >= 0.6 is 0 Å². The molecule has 1 heterocycles. The van der Waals surface area contributed by atoms with Crippen LogP contribution in [0.3, 0.4) is 0 Å². The van der Waals surface area contributed by atoms with Crippen molar-refractivity contribution in [1.29, 1.82) is 0 Å². The SMILES string of the molecule is CCCN(CC1(C)CNC1)C(C)C. The van der Waals surface area contributed by atoms with Crippen LogP contribution in [0.1, 0.15) is 34.1 Å². The van der Waals surface area contributed by atoms with Crippen LogP contribution in [0.2, 0.25) is 0 Å². The van der Waals surface area contributed by atoms with E-state index in [1.54, 1.807) is 0 Å². The molecular weight excluding hydrogens is 160 g/mol. The Labute approximate surface area is 82.7 Å². The maximum Gasteiger partial charge on any atom is 0.00624 e. The minimum absolute atomic E-state index is 0.541. The van der Waals surface area contributed by atoms with Gasteiger partial charge in [-0.3, -0.25) is 0 Å². The van der Waals surface area contributed by atoms with Crippen LogP contribution < -0.4 is 5.32 Å². The molecule has 0 aromatic carbocycles. The van der Waals surface area contributed by atoms with Crippen LogP contribution in [0.4, 0.5) is 0 Å². The Balaban J connectivity index is 2.37. The molecule has 0 unspecified atom stereocenters. The second-order valence-corrected chi connectivity index (χ2v) is 4.98. The number of hydrogen-bond acceptors (Lipinski definition) is 2. The molecule has 1 aliphatic rings. The summed E-state index contributed by atoms with van der Waals surface area (Å²) in [5.41, 5.74) is 0.541. The lowest BCUT2D eigenvalue weighted by Gasteiger charge is -2.44. The van der Waals surface area contributed by atoms with Gasteiger partial charge in [0, 0.05) is 31.1 Å². The number of nitrogens with one attached hydrogen (secondary N) is 1. The summed E-state index contributed by atoms with van der Waals surface area (Å²) in [6.07, 6.45) is 1.27. The lowest BCUT2D eigenvalue weighted by molar-refractivity contribution is 0.0883. The van der Waals surface area contributed by atoms with E-state index in [1.807, 2.05) is 0 Å². The first-order chi connectivity index (χ1) is 6.07. The molecule has 1 rings (SSSR count). The van der Waals surface area contributed by atoms with E-state index in [0.29, 0.717) is 11.5 Å². The topological polar surface area (TPSA) is 15.3 Å². The fraction of sp³-hybridized carbons (Fsp3) is 1.00. The fourth-order valence-electron chi connectivity index (χ4n) is 1.96. The zero-order valence-electron chi connectivity index (χ0n) is 9.56. The standard InChI is InChI=1S/C11H24N2/c1-5-6-13(10(2)3)9-11(4)7-12-8-11/h10,12H,5-9H2,1-4H3. The highest BCUT2D eigenvalue weighted by atomic mass is 15.2. The molecule has 0 spiro atoms. The molecule has 1 aliphatic heterocycles. The second kappa shape index (κ2) is 4.43. The molecule has 0 aromatic rings. The average Bonchev–Trinajstić information content (AvgIpc) is 2.00. The predicted octanol–water partition coefficient (Wildman–Crippen LogP) is 1.72. The molecule has 0 aromatic heterocycles. The molecule has 0 bridgehead atoms. The van der Waals surface area contributed by atoms with E-state index in [9.17, 15) is 0 Å². The molecule has 78 valence electrons. The summed E-state index contributed by atoms with van der Waals surface area (Å²) < 4.78 is 0. The number of rotatable bonds is 5. The molecule has 0 radical (unpaired) electrons. The first-order valence-corrected chi connectivity index (χ1v) is 5.52. The Morgan fingerprint density at radius 3 is 2.31 bits per heavy atom. The molecule has 0 amide bonds. The molecule has 2 heteroatoms. The Kier molecular flexibility index (Phi) is 3.74. The van der Waals surface area contributed by atoms with Crippen LogP contribution in [0.15, 0.2) is 0 Å². The largest absolute Gasteiger partial charge is 0.315 e. The van der Waals surface area contributed by atoms with Gasteiger partial charge in [0.2, 0.25) is 0 Å². The smallest absolute Gasteiger partial charge is 0.00624 e. The third kappa shape index (κ3) is 2.96. The zero-order chi connectivity index (χ0) is 9.90. The summed E-state index contributed by atoms with van der Waals surface area (Å²) >= 11 is 0. The highest BCUT2D eigenvalue weighted by molar-refractivity contribution is 4.91. The van der Waals surface area contributed by atoms with Crippen molar-refractivity contribution in [1.82, 2.24) is 10.2 Å². The van der Waals surface area contributed by atoms with E-state index < -0.39 is 0 Å². The third-order valence-electron chi connectivity index (χ3n) is 2.93. The maximum absolute atomic E-state index is 3.36. The molecule has 0 saturated carbocycles. The van der Waals surface area contributed by atoms with Crippen molar-refractivity contribution < 1.29 is 0 Å². The average molecular weight is 184 g/mol. The normalized spacial score (nSPS) is 20.8. The predicted molar refractivity (Wildman–Crippen MR) is 58.0 cm³/mol. The van der Waals surface area contributed by atoms with E-state index >= 15 is 0 Å². The lowest BCUT2D eigenvalue weighted by atomic mass is 9.83. The highest BCUT2D eigenvalue weighted by Gasteiger charge is 2.33. The van der Waals surface area contributed by atoms with Gasteiger partial charge in [0.05, 0.1) is 0 Å². The van der Waals surface area contributed by atoms with E-state index in [0.717, 1.165) is 0 Å². The van der Waals surface area contributed by atoms with Gasteiger partial charge in [-0.2, -0.15) is 0 Å². The Morgan fingerprint density at radius 2 is 2.00 bits per heavy atom. The summed E-state index contributed by atoms with van der Waals surface area (Å²) in [4.78, 5) is 2.60. The Hall–Kier alpha value is -0.0800. The molecule has 1 saturated heterocycles. The molecule has 1 fully saturated rings. The summed E-state index contributed by atoms with van der Waals surface area (Å²) in [5.74, 6) is 0.